The number of hydrogen-bond donors (Lipinski definition) is 3. The van der Waals surface area contributed by atoms with E-state index in [1.165, 1.54) is 19.3 Å². The normalized spacial score (nSPS) is 18.7. The second-order valence-corrected chi connectivity index (χ2v) is 20.6. The van der Waals surface area contributed by atoms with Crippen molar-refractivity contribution >= 4 is 23.9 Å². The summed E-state index contributed by atoms with van der Waals surface area (Å²) >= 11 is 0. The molecule has 0 radical (unpaired) electrons. The van der Waals surface area contributed by atoms with Crippen molar-refractivity contribution < 1.29 is 58.2 Å². The molecule has 0 aliphatic carbocycles. The van der Waals surface area contributed by atoms with Crippen LogP contribution in [0.25, 0.3) is 0 Å². The third kappa shape index (κ3) is 45.1. The number of esters is 3. The van der Waals surface area contributed by atoms with E-state index in [1.54, 1.807) is 6.08 Å². The molecular formula is C69H108O12. The van der Waals surface area contributed by atoms with Crippen LogP contribution in [0.4, 0.5) is 0 Å². The minimum Gasteiger partial charge on any atom is -0.479 e. The lowest BCUT2D eigenvalue weighted by molar-refractivity contribution is -0.301. The van der Waals surface area contributed by atoms with E-state index >= 15 is 0 Å². The summed E-state index contributed by atoms with van der Waals surface area (Å²) in [5.41, 5.74) is 0. The number of carbonyl (C=O) groups excluding carboxylic acids is 3. The summed E-state index contributed by atoms with van der Waals surface area (Å²) in [6, 6.07) is 0. The predicted molar refractivity (Wildman–Crippen MR) is 330 cm³/mol. The number of carboxylic acid groups (broad SMARTS) is 1. The van der Waals surface area contributed by atoms with Gasteiger partial charge in [-0.25, -0.2) is 4.79 Å². The second kappa shape index (κ2) is 55.4. The molecule has 3 N–H and O–H groups in total. The van der Waals surface area contributed by atoms with Gasteiger partial charge >= 0.3 is 23.9 Å². The zero-order valence-corrected chi connectivity index (χ0v) is 50.2. The molecule has 456 valence electrons. The van der Waals surface area contributed by atoms with Crippen molar-refractivity contribution in [1.29, 1.82) is 0 Å². The highest BCUT2D eigenvalue weighted by Crippen LogP contribution is 2.26. The number of carbonyl (C=O) groups is 4. The summed E-state index contributed by atoms with van der Waals surface area (Å²) in [5.74, 6) is -3.33. The molecular weight excluding hydrogens is 1020 g/mol. The van der Waals surface area contributed by atoms with Crippen molar-refractivity contribution in [3.05, 3.63) is 134 Å². The number of rotatable bonds is 51. The minimum absolute atomic E-state index is 0.0326. The maximum atomic E-state index is 13.1. The van der Waals surface area contributed by atoms with E-state index in [0.717, 1.165) is 148 Å². The van der Waals surface area contributed by atoms with Crippen LogP contribution in [-0.2, 0) is 42.9 Å². The average Bonchev–Trinajstić information content (AvgIpc) is 3.53. The topological polar surface area (TPSA) is 175 Å². The maximum Gasteiger partial charge on any atom is 0.335 e. The zero-order valence-electron chi connectivity index (χ0n) is 50.2. The summed E-state index contributed by atoms with van der Waals surface area (Å²) in [4.78, 5) is 51.2. The molecule has 0 spiro atoms. The quantitative estimate of drug-likeness (QED) is 0.0228. The van der Waals surface area contributed by atoms with Crippen LogP contribution >= 0.6 is 0 Å². The first-order chi connectivity index (χ1) is 39.6. The van der Waals surface area contributed by atoms with Crippen molar-refractivity contribution in [1.82, 2.24) is 0 Å². The van der Waals surface area contributed by atoms with Crippen LogP contribution in [0.5, 0.6) is 0 Å². The van der Waals surface area contributed by atoms with E-state index in [2.05, 4.69) is 130 Å². The van der Waals surface area contributed by atoms with E-state index in [-0.39, 0.29) is 25.9 Å². The SMILES string of the molecule is CC/C=C\C/C=C\C/C=C\C/C=C\C/C=C\CC(=O)OC(COC(=O)CCCCCCCC/C=C\C/C=C\C/C=C\C/C=C\CC)COC1OC(C(=O)O)C(O)C(O)C1OC(=O)CCCCCCCCC/C=C\C/C=C\CCCCC. The van der Waals surface area contributed by atoms with E-state index < -0.39 is 67.3 Å². The summed E-state index contributed by atoms with van der Waals surface area (Å²) < 4.78 is 28.3. The van der Waals surface area contributed by atoms with Crippen molar-refractivity contribution in [3.63, 3.8) is 0 Å². The van der Waals surface area contributed by atoms with E-state index in [4.69, 9.17) is 23.7 Å². The van der Waals surface area contributed by atoms with Crippen LogP contribution in [0.15, 0.2) is 134 Å². The van der Waals surface area contributed by atoms with Crippen molar-refractivity contribution in [2.75, 3.05) is 13.2 Å². The van der Waals surface area contributed by atoms with Gasteiger partial charge in [-0.15, -0.1) is 0 Å². The number of aliphatic hydroxyl groups is 2. The van der Waals surface area contributed by atoms with Crippen LogP contribution in [0.3, 0.4) is 0 Å². The summed E-state index contributed by atoms with van der Waals surface area (Å²) in [6.45, 7) is 5.64. The average molecular weight is 1130 g/mol. The van der Waals surface area contributed by atoms with Gasteiger partial charge in [0.2, 0.25) is 0 Å². The van der Waals surface area contributed by atoms with Crippen LogP contribution in [0.1, 0.15) is 226 Å². The number of allylic oxidation sites excluding steroid dienone is 21. The highest BCUT2D eigenvalue weighted by Gasteiger charge is 2.50. The molecule has 6 unspecified atom stereocenters. The Balaban J connectivity index is 2.74. The molecule has 1 fully saturated rings. The molecule has 0 aromatic carbocycles. The number of ether oxygens (including phenoxy) is 5. The molecule has 0 saturated carbocycles. The molecule has 1 aliphatic rings. The molecule has 1 rings (SSSR count). The number of aliphatic carboxylic acids is 1. The van der Waals surface area contributed by atoms with E-state index in [1.807, 2.05) is 18.2 Å². The maximum absolute atomic E-state index is 13.1. The Hall–Kier alpha value is -5.14. The van der Waals surface area contributed by atoms with Gasteiger partial charge in [-0.3, -0.25) is 14.4 Å². The lowest BCUT2D eigenvalue weighted by Crippen LogP contribution is -2.61. The molecule has 0 aromatic heterocycles. The summed E-state index contributed by atoms with van der Waals surface area (Å²) in [5, 5.41) is 31.5. The van der Waals surface area contributed by atoms with Gasteiger partial charge in [-0.05, 0) is 116 Å². The Bertz CT molecular complexity index is 1920. The number of carboxylic acids is 1. The summed E-state index contributed by atoms with van der Waals surface area (Å²) in [6.07, 6.45) is 65.8. The molecule has 1 heterocycles. The first kappa shape index (κ1) is 73.9. The van der Waals surface area contributed by atoms with Gasteiger partial charge in [0.05, 0.1) is 13.0 Å². The van der Waals surface area contributed by atoms with Crippen molar-refractivity contribution in [2.45, 2.75) is 263 Å². The van der Waals surface area contributed by atoms with Gasteiger partial charge in [0.15, 0.2) is 24.6 Å². The fourth-order valence-electron chi connectivity index (χ4n) is 8.52. The fourth-order valence-corrected chi connectivity index (χ4v) is 8.52. The van der Waals surface area contributed by atoms with E-state index in [9.17, 15) is 34.5 Å². The predicted octanol–water partition coefficient (Wildman–Crippen LogP) is 16.6. The Labute approximate surface area is 490 Å². The van der Waals surface area contributed by atoms with Crippen LogP contribution < -0.4 is 0 Å². The van der Waals surface area contributed by atoms with Gasteiger partial charge in [-0.1, -0.05) is 225 Å². The Morgan fingerprint density at radius 2 is 0.815 bits per heavy atom. The Morgan fingerprint density at radius 1 is 0.432 bits per heavy atom. The van der Waals surface area contributed by atoms with Gasteiger partial charge in [-0.2, -0.15) is 0 Å². The first-order valence-electron chi connectivity index (χ1n) is 31.2. The highest BCUT2D eigenvalue weighted by atomic mass is 16.7. The van der Waals surface area contributed by atoms with E-state index in [0.29, 0.717) is 19.3 Å². The highest BCUT2D eigenvalue weighted by molar-refractivity contribution is 5.74. The lowest BCUT2D eigenvalue weighted by Gasteiger charge is -2.40. The summed E-state index contributed by atoms with van der Waals surface area (Å²) in [7, 11) is 0. The molecule has 1 saturated heterocycles. The molecule has 12 nitrogen and oxygen atoms in total. The van der Waals surface area contributed by atoms with Crippen LogP contribution in [0.2, 0.25) is 0 Å². The Kier molecular flexibility index (Phi) is 50.5. The lowest BCUT2D eigenvalue weighted by atomic mass is 9.98. The van der Waals surface area contributed by atoms with Gasteiger partial charge < -0.3 is 39.0 Å². The molecule has 0 aromatic rings. The van der Waals surface area contributed by atoms with Crippen molar-refractivity contribution in [3.8, 4) is 0 Å². The first-order valence-corrected chi connectivity index (χ1v) is 31.2. The smallest absolute Gasteiger partial charge is 0.335 e. The van der Waals surface area contributed by atoms with Crippen LogP contribution in [0, 0.1) is 0 Å². The van der Waals surface area contributed by atoms with Gasteiger partial charge in [0, 0.05) is 12.8 Å². The largest absolute Gasteiger partial charge is 0.479 e. The number of hydrogen-bond acceptors (Lipinski definition) is 11. The molecule has 12 heteroatoms. The zero-order chi connectivity index (χ0) is 58.9. The molecule has 0 amide bonds. The molecule has 81 heavy (non-hydrogen) atoms. The molecule has 1 aliphatic heterocycles. The van der Waals surface area contributed by atoms with Gasteiger partial charge in [0.1, 0.15) is 18.8 Å². The third-order valence-corrected chi connectivity index (χ3v) is 13.2. The Morgan fingerprint density at radius 3 is 1.25 bits per heavy atom. The third-order valence-electron chi connectivity index (χ3n) is 13.2. The standard InChI is InChI=1S/C69H108O12/c1-4-7-10-13-16-19-22-25-28-30-31-33-35-37-40-43-46-49-52-55-61(70)77-58-60(79-62(71)56-53-50-47-44-41-38-34-27-24-21-18-15-12-9-6-3)59-78-69-67(65(74)64(73)66(81-69)68(75)76)80-63(72)57-54-51-48-45-42-39-36-32-29-26-23-20-17-14-11-8-5-2/h7,9-10,12,16-21,25-29,31,33-34,41,44,50,53,60,64-67,69,73-74H,4-6,8,11,13-15,22-24,30,32,35-40,42-43,45-49,51-52,54-59H2,1-3H3,(H,75,76)/b10-7-,12-9-,19-16-,20-17-,21-18-,28-25-,29-26-,33-31-,34-27-,44-41-,53-50-. The number of aliphatic hydroxyl groups excluding tert-OH is 2. The fraction of sp³-hybridized carbons (Fsp3) is 0.623. The number of unbranched alkanes of at least 4 members (excludes halogenated alkanes) is 16. The van der Waals surface area contributed by atoms with Crippen LogP contribution in [-0.4, -0.2) is 89.2 Å². The monoisotopic (exact) mass is 1130 g/mol. The van der Waals surface area contributed by atoms with Crippen molar-refractivity contribution in [2.24, 2.45) is 0 Å². The molecule has 6 atom stereocenters. The second-order valence-electron chi connectivity index (χ2n) is 20.6. The minimum atomic E-state index is -1.93. The molecule has 0 bridgehead atoms. The van der Waals surface area contributed by atoms with Gasteiger partial charge in [0.25, 0.3) is 0 Å².